The van der Waals surface area contributed by atoms with Crippen LogP contribution >= 0.6 is 0 Å². The molecule has 0 unspecified atom stereocenters. The minimum absolute atomic E-state index is 0. The van der Waals surface area contributed by atoms with Crippen molar-refractivity contribution >= 4 is 0 Å². The quantitative estimate of drug-likeness (QED) is 0.609. The van der Waals surface area contributed by atoms with Gasteiger partial charge in [0.1, 0.15) is 0 Å². The van der Waals surface area contributed by atoms with Crippen LogP contribution in [0.4, 0.5) is 0 Å². The summed E-state index contributed by atoms with van der Waals surface area (Å²) in [4.78, 5) is 0. The Morgan fingerprint density at radius 2 is 2.17 bits per heavy atom. The molecule has 0 aromatic rings. The SMILES string of the molecule is C[N-]CCO.[Y+3]. The maximum atomic E-state index is 7.97. The summed E-state index contributed by atoms with van der Waals surface area (Å²) < 4.78 is 0. The van der Waals surface area contributed by atoms with Crippen molar-refractivity contribution in [1.82, 2.24) is 0 Å². The van der Waals surface area contributed by atoms with E-state index in [1.165, 1.54) is 0 Å². The Morgan fingerprint density at radius 3 is 2.17 bits per heavy atom. The van der Waals surface area contributed by atoms with Crippen LogP contribution in [0.3, 0.4) is 0 Å². The second-order valence-corrected chi connectivity index (χ2v) is 0.763. The van der Waals surface area contributed by atoms with E-state index < -0.39 is 0 Å². The summed E-state index contributed by atoms with van der Waals surface area (Å²) in [5.74, 6) is 0. The number of aliphatic hydroxyl groups is 1. The fourth-order valence-electron chi connectivity index (χ4n) is 0.1000. The average molecular weight is 163 g/mol. The fraction of sp³-hybridized carbons (Fsp3) is 1.00. The van der Waals surface area contributed by atoms with E-state index in [1.54, 1.807) is 7.05 Å². The molecule has 0 aliphatic rings. The van der Waals surface area contributed by atoms with Crippen LogP contribution in [0.2, 0.25) is 0 Å². The first-order chi connectivity index (χ1) is 2.41. The number of rotatable bonds is 2. The van der Waals surface area contributed by atoms with Crippen LogP contribution in [-0.2, 0) is 32.7 Å². The van der Waals surface area contributed by atoms with Crippen molar-refractivity contribution in [3.63, 3.8) is 0 Å². The third kappa shape index (κ3) is 8.90. The molecule has 0 radical (unpaired) electrons. The van der Waals surface area contributed by atoms with E-state index >= 15 is 0 Å². The number of likely N-dealkylation sites (N-methyl/N-ethyl adjacent to an activating group) is 1. The molecule has 0 heterocycles. The minimum Gasteiger partial charge on any atom is -0.663 e. The fourth-order valence-corrected chi connectivity index (χ4v) is 0.1000. The molecule has 0 bridgehead atoms. The number of hydrogen-bond donors (Lipinski definition) is 1. The molecule has 0 fully saturated rings. The molecule has 0 spiro atoms. The first-order valence-corrected chi connectivity index (χ1v) is 1.58. The maximum absolute atomic E-state index is 7.97. The molecular weight excluding hydrogens is 155 g/mol. The molecule has 3 heteroatoms. The van der Waals surface area contributed by atoms with Gasteiger partial charge in [0.25, 0.3) is 0 Å². The van der Waals surface area contributed by atoms with E-state index in [2.05, 4.69) is 5.32 Å². The van der Waals surface area contributed by atoms with Gasteiger partial charge < -0.3 is 10.4 Å². The molecule has 0 rings (SSSR count). The predicted octanol–water partition coefficient (Wildman–Crippen LogP) is -0.0203. The zero-order valence-electron chi connectivity index (χ0n) is 3.89. The van der Waals surface area contributed by atoms with E-state index in [4.69, 9.17) is 5.11 Å². The molecule has 6 heavy (non-hydrogen) atoms. The van der Waals surface area contributed by atoms with Crippen LogP contribution in [0.15, 0.2) is 0 Å². The third-order valence-electron chi connectivity index (χ3n) is 0.324. The zero-order valence-corrected chi connectivity index (χ0v) is 6.72. The zero-order chi connectivity index (χ0) is 4.12. The Kier molecular flexibility index (Phi) is 15.8. The van der Waals surface area contributed by atoms with Gasteiger partial charge in [-0.2, -0.15) is 7.05 Å². The van der Waals surface area contributed by atoms with Crippen molar-refractivity contribution in [2.45, 2.75) is 0 Å². The van der Waals surface area contributed by atoms with Crippen LogP contribution in [0.1, 0.15) is 0 Å². The van der Waals surface area contributed by atoms with Crippen molar-refractivity contribution in [1.29, 1.82) is 0 Å². The normalized spacial score (nSPS) is 7.00. The first-order valence-electron chi connectivity index (χ1n) is 1.58. The van der Waals surface area contributed by atoms with Gasteiger partial charge in [0.15, 0.2) is 0 Å². The van der Waals surface area contributed by atoms with Gasteiger partial charge >= 0.3 is 32.7 Å². The first kappa shape index (κ1) is 10.1. The van der Waals surface area contributed by atoms with Gasteiger partial charge in [0, 0.05) is 6.61 Å². The Balaban J connectivity index is 0. The predicted molar refractivity (Wildman–Crippen MR) is 21.2 cm³/mol. The molecule has 0 aliphatic heterocycles. The second-order valence-electron chi connectivity index (χ2n) is 0.763. The van der Waals surface area contributed by atoms with E-state index in [1.807, 2.05) is 0 Å². The molecule has 0 atom stereocenters. The minimum atomic E-state index is 0. The van der Waals surface area contributed by atoms with Crippen molar-refractivity contribution < 1.29 is 37.8 Å². The Morgan fingerprint density at radius 1 is 1.67 bits per heavy atom. The molecule has 0 aromatic carbocycles. The van der Waals surface area contributed by atoms with Gasteiger partial charge in [-0.25, -0.2) is 0 Å². The Bertz CT molecular complexity index is 18.3. The maximum Gasteiger partial charge on any atom is 3.00 e. The number of hydrogen-bond acceptors (Lipinski definition) is 1. The van der Waals surface area contributed by atoms with E-state index in [-0.39, 0.29) is 39.3 Å². The number of aliphatic hydroxyl groups excluding tert-OH is 1. The third-order valence-corrected chi connectivity index (χ3v) is 0.324. The van der Waals surface area contributed by atoms with Gasteiger partial charge in [-0.05, 0) is 0 Å². The van der Waals surface area contributed by atoms with Gasteiger partial charge in [0.05, 0.1) is 0 Å². The van der Waals surface area contributed by atoms with Crippen molar-refractivity contribution in [3.05, 3.63) is 5.32 Å². The molecule has 0 aliphatic carbocycles. The molecule has 0 saturated carbocycles. The van der Waals surface area contributed by atoms with Gasteiger partial charge in [-0.3, -0.25) is 0 Å². The summed E-state index contributed by atoms with van der Waals surface area (Å²) >= 11 is 0. The summed E-state index contributed by atoms with van der Waals surface area (Å²) in [6.07, 6.45) is 0. The molecule has 1 N–H and O–H groups in total. The van der Waals surface area contributed by atoms with Crippen molar-refractivity contribution in [3.8, 4) is 0 Å². The van der Waals surface area contributed by atoms with Crippen LogP contribution in [0.5, 0.6) is 0 Å². The van der Waals surface area contributed by atoms with E-state index in [0.717, 1.165) is 0 Å². The molecular formula is C3H8NOY+2. The summed E-state index contributed by atoms with van der Waals surface area (Å²) in [5.41, 5.74) is 0. The Labute approximate surface area is 63.2 Å². The second kappa shape index (κ2) is 9.39. The molecule has 0 amide bonds. The van der Waals surface area contributed by atoms with Gasteiger partial charge in [-0.1, -0.05) is 0 Å². The summed E-state index contributed by atoms with van der Waals surface area (Å²) in [6.45, 7) is 0.747. The van der Waals surface area contributed by atoms with E-state index in [0.29, 0.717) is 6.54 Å². The van der Waals surface area contributed by atoms with Crippen molar-refractivity contribution in [2.75, 3.05) is 20.2 Å². The summed E-state index contributed by atoms with van der Waals surface area (Å²) in [5, 5.41) is 11.6. The van der Waals surface area contributed by atoms with Crippen LogP contribution in [-0.4, -0.2) is 25.3 Å². The summed E-state index contributed by atoms with van der Waals surface area (Å²) in [6, 6.07) is 0. The van der Waals surface area contributed by atoms with Crippen molar-refractivity contribution in [2.24, 2.45) is 0 Å². The molecule has 32 valence electrons. The average Bonchev–Trinajstić information content (AvgIpc) is 1.41. The van der Waals surface area contributed by atoms with Gasteiger partial charge in [-0.15, -0.1) is 6.54 Å². The van der Waals surface area contributed by atoms with Gasteiger partial charge in [0.2, 0.25) is 0 Å². The summed E-state index contributed by atoms with van der Waals surface area (Å²) in [7, 11) is 1.68. The molecule has 0 saturated heterocycles. The Hall–Kier alpha value is 1.02. The smallest absolute Gasteiger partial charge is 0.663 e. The van der Waals surface area contributed by atoms with E-state index in [9.17, 15) is 0 Å². The standard InChI is InChI=1S/C3H8NO.Y/c1-4-2-3-5;/h5H,2-3H2,1H3;/q-1;+3. The largest absolute Gasteiger partial charge is 3.00 e. The topological polar surface area (TPSA) is 34.3 Å². The monoisotopic (exact) mass is 163 g/mol. The van der Waals surface area contributed by atoms with Crippen LogP contribution in [0.25, 0.3) is 5.32 Å². The molecule has 2 nitrogen and oxygen atoms in total. The number of nitrogens with zero attached hydrogens (tertiary/aromatic N) is 1. The molecule has 0 aromatic heterocycles. The van der Waals surface area contributed by atoms with Crippen LogP contribution < -0.4 is 0 Å². The van der Waals surface area contributed by atoms with Crippen LogP contribution in [0, 0.1) is 0 Å².